The SMILES string of the molecule is CC(=O)NCC1c2[nH]c3ccc(C)cc3c2CCN1CCNc1ccc(C)c(C(F)(F)F)n1. The molecule has 1 amide bonds. The molecule has 1 aromatic carbocycles. The van der Waals surface area contributed by atoms with Gasteiger partial charge in [-0.25, -0.2) is 4.98 Å². The van der Waals surface area contributed by atoms with Gasteiger partial charge < -0.3 is 15.6 Å². The minimum atomic E-state index is -4.48. The van der Waals surface area contributed by atoms with Crippen molar-refractivity contribution in [2.45, 2.75) is 39.4 Å². The number of anilines is 1. The van der Waals surface area contributed by atoms with Gasteiger partial charge in [0.2, 0.25) is 5.91 Å². The first-order valence-electron chi connectivity index (χ1n) is 11.0. The van der Waals surface area contributed by atoms with E-state index in [0.717, 1.165) is 24.2 Å². The summed E-state index contributed by atoms with van der Waals surface area (Å²) in [6.07, 6.45) is -3.63. The molecule has 0 bridgehead atoms. The number of hydrogen-bond acceptors (Lipinski definition) is 4. The second-order valence-electron chi connectivity index (χ2n) is 8.59. The van der Waals surface area contributed by atoms with Crippen LogP contribution in [0.15, 0.2) is 30.3 Å². The number of hydrogen-bond donors (Lipinski definition) is 3. The third kappa shape index (κ3) is 4.98. The Kier molecular flexibility index (Phi) is 6.34. The van der Waals surface area contributed by atoms with Gasteiger partial charge in [0.15, 0.2) is 0 Å². The van der Waals surface area contributed by atoms with Gasteiger partial charge in [-0.1, -0.05) is 17.7 Å². The summed E-state index contributed by atoms with van der Waals surface area (Å²) in [4.78, 5) is 21.1. The fourth-order valence-electron chi connectivity index (χ4n) is 4.51. The summed E-state index contributed by atoms with van der Waals surface area (Å²) in [5.74, 6) is 0.0980. The summed E-state index contributed by atoms with van der Waals surface area (Å²) in [6, 6.07) is 9.26. The van der Waals surface area contributed by atoms with E-state index >= 15 is 0 Å². The number of aromatic amines is 1. The summed E-state index contributed by atoms with van der Waals surface area (Å²) >= 11 is 0. The number of carbonyl (C=O) groups is 1. The van der Waals surface area contributed by atoms with E-state index in [9.17, 15) is 18.0 Å². The van der Waals surface area contributed by atoms with Crippen molar-refractivity contribution in [2.75, 3.05) is 31.5 Å². The van der Waals surface area contributed by atoms with Crippen LogP contribution < -0.4 is 10.6 Å². The molecule has 0 saturated carbocycles. The maximum absolute atomic E-state index is 13.2. The molecule has 1 aliphatic rings. The Morgan fingerprint density at radius 3 is 2.76 bits per heavy atom. The van der Waals surface area contributed by atoms with Crippen LogP contribution in [0.2, 0.25) is 0 Å². The maximum Gasteiger partial charge on any atom is 0.433 e. The normalized spacial score (nSPS) is 16.6. The van der Waals surface area contributed by atoms with Crippen molar-refractivity contribution >= 4 is 22.6 Å². The van der Waals surface area contributed by atoms with Gasteiger partial charge in [0, 0.05) is 49.7 Å². The smallest absolute Gasteiger partial charge is 0.369 e. The molecule has 1 atom stereocenters. The number of pyridine rings is 1. The lowest BCUT2D eigenvalue weighted by Gasteiger charge is -2.36. The number of H-pyrrole nitrogens is 1. The fourth-order valence-corrected chi connectivity index (χ4v) is 4.51. The predicted octanol–water partition coefficient (Wildman–Crippen LogP) is 4.35. The van der Waals surface area contributed by atoms with Crippen LogP contribution in [0.1, 0.15) is 41.0 Å². The summed E-state index contributed by atoms with van der Waals surface area (Å²) in [7, 11) is 0. The predicted molar refractivity (Wildman–Crippen MR) is 122 cm³/mol. The van der Waals surface area contributed by atoms with Crippen LogP contribution in [-0.2, 0) is 17.4 Å². The maximum atomic E-state index is 13.2. The number of alkyl halides is 3. The lowest BCUT2D eigenvalue weighted by atomic mass is 9.96. The van der Waals surface area contributed by atoms with Crippen LogP contribution in [0.5, 0.6) is 0 Å². The third-order valence-corrected chi connectivity index (χ3v) is 6.13. The minimum Gasteiger partial charge on any atom is -0.369 e. The topological polar surface area (TPSA) is 73.1 Å². The molecular weight excluding hydrogens is 431 g/mol. The van der Waals surface area contributed by atoms with E-state index in [1.165, 1.54) is 36.4 Å². The molecule has 6 nitrogen and oxygen atoms in total. The third-order valence-electron chi connectivity index (χ3n) is 6.13. The molecular formula is C24H28F3N5O. The number of nitrogens with one attached hydrogen (secondary N) is 3. The van der Waals surface area contributed by atoms with Crippen molar-refractivity contribution in [3.05, 3.63) is 58.4 Å². The van der Waals surface area contributed by atoms with Gasteiger partial charge in [0.05, 0.1) is 6.04 Å². The van der Waals surface area contributed by atoms with Gasteiger partial charge >= 0.3 is 6.18 Å². The van der Waals surface area contributed by atoms with Crippen LogP contribution >= 0.6 is 0 Å². The van der Waals surface area contributed by atoms with Gasteiger partial charge in [-0.05, 0) is 49.6 Å². The number of fused-ring (bicyclic) bond motifs is 3. The highest BCUT2D eigenvalue weighted by Gasteiger charge is 2.34. The molecule has 3 aromatic rings. The highest BCUT2D eigenvalue weighted by Crippen LogP contribution is 2.35. The van der Waals surface area contributed by atoms with Crippen LogP contribution in [0.25, 0.3) is 10.9 Å². The average Bonchev–Trinajstić information content (AvgIpc) is 3.11. The van der Waals surface area contributed by atoms with Crippen LogP contribution in [0, 0.1) is 13.8 Å². The molecule has 1 unspecified atom stereocenters. The van der Waals surface area contributed by atoms with Gasteiger partial charge in [-0.3, -0.25) is 9.69 Å². The van der Waals surface area contributed by atoms with Crippen molar-refractivity contribution in [3.8, 4) is 0 Å². The number of aromatic nitrogens is 2. The second kappa shape index (κ2) is 9.05. The first kappa shape index (κ1) is 23.1. The summed E-state index contributed by atoms with van der Waals surface area (Å²) in [5, 5.41) is 7.15. The molecule has 0 aliphatic carbocycles. The van der Waals surface area contributed by atoms with Crippen molar-refractivity contribution in [1.82, 2.24) is 20.2 Å². The Bertz CT molecular complexity index is 1170. The average molecular weight is 460 g/mol. The molecule has 0 saturated heterocycles. The number of benzene rings is 1. The highest BCUT2D eigenvalue weighted by molar-refractivity contribution is 5.86. The number of rotatable bonds is 6. The Labute approximate surface area is 190 Å². The number of nitrogens with zero attached hydrogens (tertiary/aromatic N) is 2. The quantitative estimate of drug-likeness (QED) is 0.513. The lowest BCUT2D eigenvalue weighted by Crippen LogP contribution is -2.43. The van der Waals surface area contributed by atoms with Crippen LogP contribution in [-0.4, -0.2) is 47.0 Å². The zero-order valence-electron chi connectivity index (χ0n) is 18.9. The van der Waals surface area contributed by atoms with Crippen molar-refractivity contribution < 1.29 is 18.0 Å². The molecule has 33 heavy (non-hydrogen) atoms. The van der Waals surface area contributed by atoms with E-state index in [-0.39, 0.29) is 23.3 Å². The zero-order chi connectivity index (χ0) is 23.8. The minimum absolute atomic E-state index is 0.0520. The molecule has 0 fully saturated rings. The molecule has 176 valence electrons. The number of carbonyl (C=O) groups excluding carboxylic acids is 1. The lowest BCUT2D eigenvalue weighted by molar-refractivity contribution is -0.141. The number of amides is 1. The van der Waals surface area contributed by atoms with Gasteiger partial charge in [-0.2, -0.15) is 13.2 Å². The Morgan fingerprint density at radius 2 is 2.03 bits per heavy atom. The summed E-state index contributed by atoms with van der Waals surface area (Å²) in [6.45, 7) is 7.22. The van der Waals surface area contributed by atoms with Gasteiger partial charge in [0.25, 0.3) is 0 Å². The van der Waals surface area contributed by atoms with Crippen molar-refractivity contribution in [3.63, 3.8) is 0 Å². The van der Waals surface area contributed by atoms with E-state index in [0.29, 0.717) is 19.6 Å². The molecule has 1 aliphatic heterocycles. The first-order valence-corrected chi connectivity index (χ1v) is 11.0. The van der Waals surface area contributed by atoms with Gasteiger partial charge in [0.1, 0.15) is 11.5 Å². The molecule has 3 N–H and O–H groups in total. The first-order chi connectivity index (χ1) is 15.6. The zero-order valence-corrected chi connectivity index (χ0v) is 18.9. The van der Waals surface area contributed by atoms with E-state index in [4.69, 9.17) is 0 Å². The fraction of sp³-hybridized carbons (Fsp3) is 0.417. The van der Waals surface area contributed by atoms with Crippen LogP contribution in [0.3, 0.4) is 0 Å². The Morgan fingerprint density at radius 1 is 1.24 bits per heavy atom. The Balaban J connectivity index is 1.51. The molecule has 0 radical (unpaired) electrons. The van der Waals surface area contributed by atoms with E-state index in [1.54, 1.807) is 6.07 Å². The van der Waals surface area contributed by atoms with Crippen molar-refractivity contribution in [1.29, 1.82) is 0 Å². The molecule has 2 aromatic heterocycles. The molecule has 4 rings (SSSR count). The van der Waals surface area contributed by atoms with E-state index in [1.807, 2.05) is 0 Å². The second-order valence-corrected chi connectivity index (χ2v) is 8.59. The monoisotopic (exact) mass is 459 g/mol. The number of aryl methyl sites for hydroxylation is 2. The summed E-state index contributed by atoms with van der Waals surface area (Å²) in [5.41, 5.74) is 3.85. The van der Waals surface area contributed by atoms with Crippen LogP contribution in [0.4, 0.5) is 19.0 Å². The standard InChI is InChI=1S/C24H28F3N5O/c1-14-4-6-19-18(12-14)17-8-10-32(20(22(17)30-19)13-29-16(3)33)11-9-28-21-7-5-15(2)23(31-21)24(25,26)27/h4-7,12,20,30H,8-11,13H2,1-3H3,(H,28,31)(H,29,33). The highest BCUT2D eigenvalue weighted by atomic mass is 19.4. The summed E-state index contributed by atoms with van der Waals surface area (Å²) < 4.78 is 39.5. The Hall–Kier alpha value is -3.07. The largest absolute Gasteiger partial charge is 0.433 e. The number of halogens is 3. The molecule has 9 heteroatoms. The molecule has 3 heterocycles. The van der Waals surface area contributed by atoms with Gasteiger partial charge in [-0.15, -0.1) is 0 Å². The van der Waals surface area contributed by atoms with Crippen molar-refractivity contribution in [2.24, 2.45) is 0 Å². The van der Waals surface area contributed by atoms with E-state index < -0.39 is 11.9 Å². The van der Waals surface area contributed by atoms with E-state index in [2.05, 4.69) is 50.6 Å². The molecule has 0 spiro atoms.